The van der Waals surface area contributed by atoms with Gasteiger partial charge in [-0.2, -0.15) is 0 Å². The van der Waals surface area contributed by atoms with Gasteiger partial charge in [0.25, 0.3) is 0 Å². The van der Waals surface area contributed by atoms with Crippen LogP contribution in [0, 0.1) is 0 Å². The highest BCUT2D eigenvalue weighted by atomic mass is 16.5. The fourth-order valence-corrected chi connectivity index (χ4v) is 2.27. The topological polar surface area (TPSA) is 75.6 Å². The number of amides is 1. The Morgan fingerprint density at radius 2 is 2.24 bits per heavy atom. The maximum Gasteiger partial charge on any atom is 0.328 e. The number of ether oxygens (including phenoxy) is 1. The van der Waals surface area contributed by atoms with Gasteiger partial charge in [-0.3, -0.25) is 4.79 Å². The third kappa shape index (κ3) is 4.72. The molecule has 1 aliphatic rings. The fraction of sp³-hybridized carbons (Fsp3) is 0.375. The quantitative estimate of drug-likeness (QED) is 0.813. The number of carboxylic acid groups (broad SMARTS) is 1. The minimum Gasteiger partial charge on any atom is -0.478 e. The van der Waals surface area contributed by atoms with Crippen molar-refractivity contribution < 1.29 is 19.4 Å². The van der Waals surface area contributed by atoms with Gasteiger partial charge in [-0.25, -0.2) is 4.79 Å². The Hall–Kier alpha value is -2.14. The number of aliphatic carboxylic acids is 1. The molecule has 2 rings (SSSR count). The first-order chi connectivity index (χ1) is 10.0. The zero-order chi connectivity index (χ0) is 15.2. The van der Waals surface area contributed by atoms with E-state index in [1.165, 1.54) is 6.08 Å². The van der Waals surface area contributed by atoms with Gasteiger partial charge < -0.3 is 15.2 Å². The van der Waals surface area contributed by atoms with Crippen molar-refractivity contribution in [1.29, 1.82) is 0 Å². The zero-order valence-corrected chi connectivity index (χ0v) is 11.9. The summed E-state index contributed by atoms with van der Waals surface area (Å²) >= 11 is 0. The van der Waals surface area contributed by atoms with Crippen LogP contribution in [0.5, 0.6) is 0 Å². The molecule has 1 heterocycles. The third-order valence-corrected chi connectivity index (χ3v) is 3.36. The molecular formula is C16H19NO4. The second-order valence-corrected chi connectivity index (χ2v) is 5.15. The van der Waals surface area contributed by atoms with Crippen LogP contribution in [0.4, 0.5) is 0 Å². The van der Waals surface area contributed by atoms with Crippen LogP contribution >= 0.6 is 0 Å². The molecule has 0 spiro atoms. The summed E-state index contributed by atoms with van der Waals surface area (Å²) in [5.41, 5.74) is 1.71. The lowest BCUT2D eigenvalue weighted by molar-refractivity contribution is -0.132. The van der Waals surface area contributed by atoms with Crippen molar-refractivity contribution in [3.63, 3.8) is 0 Å². The van der Waals surface area contributed by atoms with Gasteiger partial charge in [0.05, 0.1) is 6.10 Å². The van der Waals surface area contributed by atoms with Crippen molar-refractivity contribution in [2.75, 3.05) is 0 Å². The Bertz CT molecular complexity index is 553. The second-order valence-electron chi connectivity index (χ2n) is 5.15. The van der Waals surface area contributed by atoms with Crippen molar-refractivity contribution in [2.24, 2.45) is 0 Å². The van der Waals surface area contributed by atoms with Crippen LogP contribution in [-0.2, 0) is 20.9 Å². The average Bonchev–Trinajstić information content (AvgIpc) is 2.90. The molecule has 5 heteroatoms. The van der Waals surface area contributed by atoms with Gasteiger partial charge in [0, 0.05) is 12.6 Å². The van der Waals surface area contributed by atoms with Gasteiger partial charge >= 0.3 is 5.97 Å². The van der Waals surface area contributed by atoms with Crippen molar-refractivity contribution >= 4 is 18.0 Å². The van der Waals surface area contributed by atoms with Crippen LogP contribution in [0.25, 0.3) is 6.08 Å². The van der Waals surface area contributed by atoms with Crippen molar-refractivity contribution in [1.82, 2.24) is 5.32 Å². The van der Waals surface area contributed by atoms with E-state index < -0.39 is 5.97 Å². The van der Waals surface area contributed by atoms with Crippen LogP contribution < -0.4 is 5.32 Å². The molecule has 0 aromatic heterocycles. The highest BCUT2D eigenvalue weighted by molar-refractivity contribution is 5.85. The summed E-state index contributed by atoms with van der Waals surface area (Å²) in [4.78, 5) is 22.4. The zero-order valence-electron chi connectivity index (χ0n) is 11.9. The van der Waals surface area contributed by atoms with E-state index in [2.05, 4.69) is 5.32 Å². The minimum absolute atomic E-state index is 0.0918. The molecule has 2 unspecified atom stereocenters. The number of carbonyl (C=O) groups excluding carboxylic acids is 1. The first-order valence-electron chi connectivity index (χ1n) is 6.97. The number of nitrogens with one attached hydrogen (secondary N) is 1. The number of hydrogen-bond donors (Lipinski definition) is 2. The Morgan fingerprint density at radius 3 is 2.90 bits per heavy atom. The van der Waals surface area contributed by atoms with E-state index in [1.54, 1.807) is 0 Å². The third-order valence-electron chi connectivity index (χ3n) is 3.36. The lowest BCUT2D eigenvalue weighted by atomic mass is 10.1. The summed E-state index contributed by atoms with van der Waals surface area (Å²) in [6, 6.07) is 7.37. The van der Waals surface area contributed by atoms with Crippen molar-refractivity contribution in [2.45, 2.75) is 38.5 Å². The molecule has 1 aliphatic heterocycles. The standard InChI is InChI=1S/C16H19NO4/c1-11-5-7-14(21-11)16(20)17-10-13-4-2-3-12(9-13)6-8-15(18)19/h2-4,6,8-9,11,14H,5,7,10H2,1H3,(H,17,20)(H,18,19)/b8-6+. The molecule has 0 radical (unpaired) electrons. The summed E-state index contributed by atoms with van der Waals surface area (Å²) in [5, 5.41) is 11.5. The molecule has 1 fully saturated rings. The van der Waals surface area contributed by atoms with Gasteiger partial charge in [-0.05, 0) is 43.0 Å². The second kappa shape index (κ2) is 7.04. The summed E-state index contributed by atoms with van der Waals surface area (Å²) in [5.74, 6) is -1.08. The predicted molar refractivity (Wildman–Crippen MR) is 78.5 cm³/mol. The van der Waals surface area contributed by atoms with Gasteiger partial charge in [-0.1, -0.05) is 18.2 Å². The van der Waals surface area contributed by atoms with Gasteiger partial charge in [0.2, 0.25) is 5.91 Å². The molecule has 0 bridgehead atoms. The number of hydrogen-bond acceptors (Lipinski definition) is 3. The molecule has 2 N–H and O–H groups in total. The summed E-state index contributed by atoms with van der Waals surface area (Å²) in [6.07, 6.45) is 4.07. The maximum absolute atomic E-state index is 11.9. The van der Waals surface area contributed by atoms with E-state index in [1.807, 2.05) is 31.2 Å². The van der Waals surface area contributed by atoms with E-state index >= 15 is 0 Å². The van der Waals surface area contributed by atoms with E-state index in [9.17, 15) is 9.59 Å². The Morgan fingerprint density at radius 1 is 1.43 bits per heavy atom. The summed E-state index contributed by atoms with van der Waals surface area (Å²) in [7, 11) is 0. The molecule has 112 valence electrons. The Balaban J connectivity index is 1.89. The molecule has 0 saturated carbocycles. The maximum atomic E-state index is 11.9. The van der Waals surface area contributed by atoms with Crippen LogP contribution in [0.1, 0.15) is 30.9 Å². The molecule has 0 aliphatic carbocycles. The average molecular weight is 289 g/mol. The van der Waals surface area contributed by atoms with Crippen LogP contribution in [0.2, 0.25) is 0 Å². The largest absolute Gasteiger partial charge is 0.478 e. The normalized spacial score (nSPS) is 21.6. The summed E-state index contributed by atoms with van der Waals surface area (Å²) in [6.45, 7) is 2.37. The van der Waals surface area contributed by atoms with Crippen LogP contribution in [-0.4, -0.2) is 29.2 Å². The monoisotopic (exact) mass is 289 g/mol. The van der Waals surface area contributed by atoms with Crippen LogP contribution in [0.3, 0.4) is 0 Å². The first kappa shape index (κ1) is 15.3. The van der Waals surface area contributed by atoms with Gasteiger partial charge in [0.1, 0.15) is 6.10 Å². The lowest BCUT2D eigenvalue weighted by Gasteiger charge is -2.12. The first-order valence-corrected chi connectivity index (χ1v) is 6.97. The fourth-order valence-electron chi connectivity index (χ4n) is 2.27. The number of carboxylic acids is 1. The SMILES string of the molecule is CC1CCC(C(=O)NCc2cccc(/C=C/C(=O)O)c2)O1. The molecule has 1 aromatic carbocycles. The summed E-state index contributed by atoms with van der Waals surface area (Å²) < 4.78 is 5.51. The van der Waals surface area contributed by atoms with Gasteiger partial charge in [0.15, 0.2) is 0 Å². The molecule has 1 amide bonds. The molecule has 2 atom stereocenters. The van der Waals surface area contributed by atoms with Gasteiger partial charge in [-0.15, -0.1) is 0 Å². The van der Waals surface area contributed by atoms with E-state index in [0.29, 0.717) is 6.54 Å². The van der Waals surface area contributed by atoms with E-state index in [0.717, 1.165) is 30.0 Å². The van der Waals surface area contributed by atoms with E-state index in [4.69, 9.17) is 9.84 Å². The molecular weight excluding hydrogens is 270 g/mol. The predicted octanol–water partition coefficient (Wildman–Crippen LogP) is 1.97. The highest BCUT2D eigenvalue weighted by Gasteiger charge is 2.27. The molecule has 1 aromatic rings. The van der Waals surface area contributed by atoms with E-state index in [-0.39, 0.29) is 18.1 Å². The number of rotatable bonds is 5. The molecule has 5 nitrogen and oxygen atoms in total. The van der Waals surface area contributed by atoms with Crippen molar-refractivity contribution in [3.8, 4) is 0 Å². The number of carbonyl (C=O) groups is 2. The highest BCUT2D eigenvalue weighted by Crippen LogP contribution is 2.19. The minimum atomic E-state index is -0.985. The Kier molecular flexibility index (Phi) is 5.11. The Labute approximate surface area is 123 Å². The van der Waals surface area contributed by atoms with Crippen molar-refractivity contribution in [3.05, 3.63) is 41.5 Å². The molecule has 1 saturated heterocycles. The smallest absolute Gasteiger partial charge is 0.328 e. The lowest BCUT2D eigenvalue weighted by Crippen LogP contribution is -2.34. The number of benzene rings is 1. The van der Waals surface area contributed by atoms with Crippen LogP contribution in [0.15, 0.2) is 30.3 Å². The molecule has 21 heavy (non-hydrogen) atoms.